The van der Waals surface area contributed by atoms with Gasteiger partial charge in [-0.1, -0.05) is 0 Å². The Balaban J connectivity index is 2.15. The van der Waals surface area contributed by atoms with Crippen molar-refractivity contribution in [2.24, 2.45) is 0 Å². The Kier molecular flexibility index (Phi) is 4.65. The van der Waals surface area contributed by atoms with Gasteiger partial charge in [0, 0.05) is 24.2 Å². The zero-order valence-electron chi connectivity index (χ0n) is 7.46. The number of hydrogen-bond acceptors (Lipinski definition) is 4. The fraction of sp³-hybridized carbons (Fsp3) is 0.625. The van der Waals surface area contributed by atoms with Gasteiger partial charge in [0.05, 0.1) is 10.7 Å². The van der Waals surface area contributed by atoms with Crippen molar-refractivity contribution in [1.82, 2.24) is 10.3 Å². The van der Waals surface area contributed by atoms with Crippen molar-refractivity contribution >= 4 is 23.1 Å². The normalized spacial score (nSPS) is 10.5. The summed E-state index contributed by atoms with van der Waals surface area (Å²) in [6.45, 7) is 4.01. The highest BCUT2D eigenvalue weighted by atomic mass is 32.2. The summed E-state index contributed by atoms with van der Waals surface area (Å²) >= 11 is 3.57. The van der Waals surface area contributed by atoms with Gasteiger partial charge in [-0.25, -0.2) is 4.98 Å². The fourth-order valence-corrected chi connectivity index (χ4v) is 1.84. The summed E-state index contributed by atoms with van der Waals surface area (Å²) in [5.74, 6) is 1.17. The van der Waals surface area contributed by atoms with Crippen LogP contribution in [0.4, 0.5) is 0 Å². The molecule has 0 radical (unpaired) electrons. The highest BCUT2D eigenvalue weighted by Gasteiger charge is 1.95. The summed E-state index contributed by atoms with van der Waals surface area (Å²) < 4.78 is 0. The van der Waals surface area contributed by atoms with Gasteiger partial charge >= 0.3 is 0 Å². The van der Waals surface area contributed by atoms with E-state index in [1.54, 1.807) is 11.3 Å². The van der Waals surface area contributed by atoms with Crippen LogP contribution in [-0.2, 0) is 6.54 Å². The van der Waals surface area contributed by atoms with Crippen molar-refractivity contribution in [2.75, 3.05) is 18.6 Å². The van der Waals surface area contributed by atoms with Gasteiger partial charge in [-0.3, -0.25) is 0 Å². The molecule has 1 aromatic heterocycles. The topological polar surface area (TPSA) is 24.9 Å². The molecular weight excluding hydrogens is 188 g/mol. The molecule has 0 aliphatic heterocycles. The molecule has 0 aromatic carbocycles. The van der Waals surface area contributed by atoms with Gasteiger partial charge in [0.2, 0.25) is 0 Å². The third-order valence-corrected chi connectivity index (χ3v) is 2.89. The zero-order chi connectivity index (χ0) is 8.81. The van der Waals surface area contributed by atoms with Gasteiger partial charge in [0.15, 0.2) is 0 Å². The van der Waals surface area contributed by atoms with Crippen LogP contribution >= 0.6 is 23.1 Å². The van der Waals surface area contributed by atoms with E-state index in [4.69, 9.17) is 0 Å². The highest BCUT2D eigenvalue weighted by Crippen LogP contribution is 2.06. The van der Waals surface area contributed by atoms with Crippen molar-refractivity contribution in [1.29, 1.82) is 0 Å². The second kappa shape index (κ2) is 5.56. The van der Waals surface area contributed by atoms with Crippen LogP contribution in [0.2, 0.25) is 0 Å². The Morgan fingerprint density at radius 2 is 2.50 bits per heavy atom. The van der Waals surface area contributed by atoms with Crippen molar-refractivity contribution in [2.45, 2.75) is 13.5 Å². The molecule has 0 saturated carbocycles. The molecule has 1 rings (SSSR count). The maximum Gasteiger partial charge on any atom is 0.0897 e. The lowest BCUT2D eigenvalue weighted by molar-refractivity contribution is 0.718. The molecule has 0 fully saturated rings. The van der Waals surface area contributed by atoms with Crippen LogP contribution < -0.4 is 5.32 Å². The Labute approximate surface area is 81.8 Å². The third kappa shape index (κ3) is 3.56. The smallest absolute Gasteiger partial charge is 0.0897 e. The van der Waals surface area contributed by atoms with E-state index in [1.807, 2.05) is 18.7 Å². The van der Waals surface area contributed by atoms with Gasteiger partial charge in [0.25, 0.3) is 0 Å². The Hall–Kier alpha value is -0.0600. The lowest BCUT2D eigenvalue weighted by Gasteiger charge is -1.99. The van der Waals surface area contributed by atoms with Crippen molar-refractivity contribution in [3.8, 4) is 0 Å². The number of hydrogen-bond donors (Lipinski definition) is 1. The molecule has 4 heteroatoms. The molecule has 0 bridgehead atoms. The van der Waals surface area contributed by atoms with Crippen LogP contribution in [0.3, 0.4) is 0 Å². The molecule has 1 aromatic rings. The number of nitrogens with zero attached hydrogens (tertiary/aromatic N) is 1. The summed E-state index contributed by atoms with van der Waals surface area (Å²) in [7, 11) is 0. The van der Waals surface area contributed by atoms with Crippen LogP contribution in [0, 0.1) is 6.92 Å². The first-order valence-corrected chi connectivity index (χ1v) is 6.21. The minimum Gasteiger partial charge on any atom is -0.310 e. The van der Waals surface area contributed by atoms with Gasteiger partial charge in [-0.05, 0) is 13.2 Å². The van der Waals surface area contributed by atoms with E-state index in [0.717, 1.165) is 18.1 Å². The lowest BCUT2D eigenvalue weighted by atomic mass is 10.5. The SMILES string of the molecule is CSCCNCc1csc(C)n1. The molecule has 2 nitrogen and oxygen atoms in total. The molecule has 0 amide bonds. The largest absolute Gasteiger partial charge is 0.310 e. The number of rotatable bonds is 5. The molecule has 0 spiro atoms. The minimum atomic E-state index is 0.908. The molecule has 12 heavy (non-hydrogen) atoms. The van der Waals surface area contributed by atoms with Crippen LogP contribution in [-0.4, -0.2) is 23.5 Å². The van der Waals surface area contributed by atoms with Crippen LogP contribution in [0.1, 0.15) is 10.7 Å². The molecule has 1 heterocycles. The van der Waals surface area contributed by atoms with Crippen molar-refractivity contribution in [3.63, 3.8) is 0 Å². The number of nitrogens with one attached hydrogen (secondary N) is 1. The van der Waals surface area contributed by atoms with E-state index >= 15 is 0 Å². The van der Waals surface area contributed by atoms with Crippen molar-refractivity contribution in [3.05, 3.63) is 16.1 Å². The van der Waals surface area contributed by atoms with E-state index in [0.29, 0.717) is 0 Å². The number of thiazole rings is 1. The molecule has 0 aliphatic carbocycles. The van der Waals surface area contributed by atoms with Gasteiger partial charge in [-0.2, -0.15) is 11.8 Å². The van der Waals surface area contributed by atoms with E-state index in [1.165, 1.54) is 11.4 Å². The summed E-state index contributed by atoms with van der Waals surface area (Å²) in [6, 6.07) is 0. The summed E-state index contributed by atoms with van der Waals surface area (Å²) in [6.07, 6.45) is 2.12. The maximum absolute atomic E-state index is 4.36. The molecule has 0 aliphatic rings. The van der Waals surface area contributed by atoms with E-state index in [9.17, 15) is 0 Å². The third-order valence-electron chi connectivity index (χ3n) is 1.46. The second-order valence-electron chi connectivity index (χ2n) is 2.53. The Bertz CT molecular complexity index is 223. The first-order valence-electron chi connectivity index (χ1n) is 3.93. The van der Waals surface area contributed by atoms with Crippen molar-refractivity contribution < 1.29 is 0 Å². The maximum atomic E-state index is 4.36. The second-order valence-corrected chi connectivity index (χ2v) is 4.58. The molecule has 68 valence electrons. The van der Waals surface area contributed by atoms with Crippen LogP contribution in [0.5, 0.6) is 0 Å². The van der Waals surface area contributed by atoms with E-state index in [-0.39, 0.29) is 0 Å². The molecule has 0 unspecified atom stereocenters. The molecule has 0 saturated heterocycles. The summed E-state index contributed by atoms with van der Waals surface area (Å²) in [5, 5.41) is 6.60. The van der Waals surface area contributed by atoms with Crippen LogP contribution in [0.25, 0.3) is 0 Å². The van der Waals surface area contributed by atoms with E-state index < -0.39 is 0 Å². The predicted octanol–water partition coefficient (Wildman–Crippen LogP) is 1.90. The van der Waals surface area contributed by atoms with E-state index in [2.05, 4.69) is 21.9 Å². The molecule has 1 N–H and O–H groups in total. The average molecular weight is 202 g/mol. The number of thioether (sulfide) groups is 1. The highest BCUT2D eigenvalue weighted by molar-refractivity contribution is 7.98. The van der Waals surface area contributed by atoms with Crippen LogP contribution in [0.15, 0.2) is 5.38 Å². The first-order chi connectivity index (χ1) is 5.83. The molecule has 0 atom stereocenters. The van der Waals surface area contributed by atoms with Gasteiger partial charge in [-0.15, -0.1) is 11.3 Å². The Morgan fingerprint density at radius 1 is 1.67 bits per heavy atom. The number of aryl methyl sites for hydroxylation is 1. The lowest BCUT2D eigenvalue weighted by Crippen LogP contribution is -2.16. The summed E-state index contributed by atoms with van der Waals surface area (Å²) in [4.78, 5) is 4.36. The minimum absolute atomic E-state index is 0.908. The zero-order valence-corrected chi connectivity index (χ0v) is 9.10. The molecular formula is C8H14N2S2. The predicted molar refractivity (Wildman–Crippen MR) is 56.9 cm³/mol. The quantitative estimate of drug-likeness (QED) is 0.738. The summed E-state index contributed by atoms with van der Waals surface area (Å²) in [5.41, 5.74) is 1.17. The fourth-order valence-electron chi connectivity index (χ4n) is 0.880. The Morgan fingerprint density at radius 3 is 3.08 bits per heavy atom. The van der Waals surface area contributed by atoms with Gasteiger partial charge in [0.1, 0.15) is 0 Å². The monoisotopic (exact) mass is 202 g/mol. The standard InChI is InChI=1S/C8H14N2S2/c1-7-10-8(6-12-7)5-9-3-4-11-2/h6,9H,3-5H2,1-2H3. The number of aromatic nitrogens is 1. The van der Waals surface area contributed by atoms with Gasteiger partial charge < -0.3 is 5.32 Å². The first kappa shape index (κ1) is 10.0. The average Bonchev–Trinajstić information content (AvgIpc) is 2.45.